The van der Waals surface area contributed by atoms with Gasteiger partial charge in [0.25, 0.3) is 11.8 Å². The van der Waals surface area contributed by atoms with Crippen LogP contribution in [0.25, 0.3) is 0 Å². The Kier molecular flexibility index (Phi) is 10.1. The van der Waals surface area contributed by atoms with Gasteiger partial charge >= 0.3 is 0 Å². The molecule has 0 spiro atoms. The van der Waals surface area contributed by atoms with E-state index < -0.39 is 11.7 Å². The summed E-state index contributed by atoms with van der Waals surface area (Å²) >= 11 is 0. The van der Waals surface area contributed by atoms with Crippen LogP contribution in [0.5, 0.6) is 0 Å². The SMILES string of the molecule is CCC(C(=O)N1CCCN(c2ccc(NC(=O)c3cccc(F)c3)cc2C(=O)N(CC)CC)CC1)c1ccccc1. The Balaban J connectivity index is 1.57. The van der Waals surface area contributed by atoms with Gasteiger partial charge in [0.1, 0.15) is 5.82 Å². The number of benzene rings is 3. The number of nitrogens with zero attached hydrogens (tertiary/aromatic N) is 3. The van der Waals surface area contributed by atoms with Crippen molar-refractivity contribution in [2.75, 3.05) is 49.5 Å². The Morgan fingerprint density at radius 3 is 2.32 bits per heavy atom. The van der Waals surface area contributed by atoms with Gasteiger partial charge in [0.2, 0.25) is 5.91 Å². The fourth-order valence-corrected chi connectivity index (χ4v) is 5.41. The first-order valence-corrected chi connectivity index (χ1v) is 14.4. The Labute approximate surface area is 241 Å². The summed E-state index contributed by atoms with van der Waals surface area (Å²) in [7, 11) is 0. The molecule has 1 aliphatic rings. The lowest BCUT2D eigenvalue weighted by molar-refractivity contribution is -0.132. The molecule has 3 amide bonds. The summed E-state index contributed by atoms with van der Waals surface area (Å²) in [6, 6.07) is 20.7. The molecule has 1 N–H and O–H groups in total. The van der Waals surface area contributed by atoms with E-state index in [0.29, 0.717) is 50.5 Å². The van der Waals surface area contributed by atoms with Crippen molar-refractivity contribution in [3.63, 3.8) is 0 Å². The summed E-state index contributed by atoms with van der Waals surface area (Å²) < 4.78 is 13.7. The van der Waals surface area contributed by atoms with E-state index in [1.54, 1.807) is 23.1 Å². The minimum absolute atomic E-state index is 0.126. The lowest BCUT2D eigenvalue weighted by Gasteiger charge is -2.29. The molecule has 8 heteroatoms. The average molecular weight is 559 g/mol. The third kappa shape index (κ3) is 7.12. The third-order valence-corrected chi connectivity index (χ3v) is 7.68. The maximum Gasteiger partial charge on any atom is 0.256 e. The molecule has 0 aromatic heterocycles. The number of hydrogen-bond acceptors (Lipinski definition) is 4. The average Bonchev–Trinajstić information content (AvgIpc) is 3.25. The zero-order chi connectivity index (χ0) is 29.4. The van der Waals surface area contributed by atoms with Gasteiger partial charge in [0.05, 0.1) is 11.5 Å². The minimum atomic E-state index is -0.492. The van der Waals surface area contributed by atoms with Crippen LogP contribution in [0.3, 0.4) is 0 Å². The quantitative estimate of drug-likeness (QED) is 0.361. The molecule has 1 fully saturated rings. The van der Waals surface area contributed by atoms with Crippen LogP contribution in [0, 0.1) is 5.82 Å². The van der Waals surface area contributed by atoms with Gasteiger partial charge in [0.15, 0.2) is 0 Å². The van der Waals surface area contributed by atoms with Crippen LogP contribution in [0.15, 0.2) is 72.8 Å². The maximum absolute atomic E-state index is 13.7. The van der Waals surface area contributed by atoms with Crippen molar-refractivity contribution in [3.8, 4) is 0 Å². The Morgan fingerprint density at radius 2 is 1.63 bits per heavy atom. The number of halogens is 1. The molecule has 4 rings (SSSR count). The standard InChI is InChI=1S/C33H39FN4O3/c1-4-28(24-12-8-7-9-13-24)32(40)38-19-11-18-37(20-21-38)30-17-16-27(23-29(30)33(41)36(5-2)6-3)35-31(39)25-14-10-15-26(34)22-25/h7-10,12-17,22-23,28H,4-6,11,18-21H2,1-3H3,(H,35,39). The van der Waals surface area contributed by atoms with Gasteiger partial charge in [-0.2, -0.15) is 0 Å². The second kappa shape index (κ2) is 13.9. The Morgan fingerprint density at radius 1 is 0.878 bits per heavy atom. The van der Waals surface area contributed by atoms with Crippen molar-refractivity contribution < 1.29 is 18.8 Å². The topological polar surface area (TPSA) is 73.0 Å². The van der Waals surface area contributed by atoms with Gasteiger partial charge in [-0.15, -0.1) is 0 Å². The summed E-state index contributed by atoms with van der Waals surface area (Å²) in [5, 5.41) is 2.81. The number of anilines is 2. The van der Waals surface area contributed by atoms with E-state index in [1.165, 1.54) is 18.2 Å². The lowest BCUT2D eigenvalue weighted by Crippen LogP contribution is -2.38. The molecule has 216 valence electrons. The minimum Gasteiger partial charge on any atom is -0.369 e. The molecule has 1 atom stereocenters. The van der Waals surface area contributed by atoms with E-state index in [-0.39, 0.29) is 23.3 Å². The lowest BCUT2D eigenvalue weighted by atomic mass is 9.95. The first-order valence-electron chi connectivity index (χ1n) is 14.4. The Hall–Kier alpha value is -4.20. The highest BCUT2D eigenvalue weighted by Gasteiger charge is 2.28. The highest BCUT2D eigenvalue weighted by Crippen LogP contribution is 2.29. The molecule has 1 unspecified atom stereocenters. The fraction of sp³-hybridized carbons (Fsp3) is 0.364. The van der Waals surface area contributed by atoms with E-state index in [9.17, 15) is 18.8 Å². The van der Waals surface area contributed by atoms with E-state index in [2.05, 4.69) is 10.2 Å². The molecule has 1 saturated heterocycles. The molecule has 7 nitrogen and oxygen atoms in total. The molecule has 0 radical (unpaired) electrons. The van der Waals surface area contributed by atoms with Gasteiger partial charge in [-0.05, 0) is 68.7 Å². The van der Waals surface area contributed by atoms with Gasteiger partial charge in [0, 0.05) is 56.2 Å². The van der Waals surface area contributed by atoms with Gasteiger partial charge in [-0.25, -0.2) is 4.39 Å². The number of nitrogens with one attached hydrogen (secondary N) is 1. The summed E-state index contributed by atoms with van der Waals surface area (Å²) in [6.45, 7) is 9.50. The van der Waals surface area contributed by atoms with Crippen LogP contribution in [0.2, 0.25) is 0 Å². The van der Waals surface area contributed by atoms with Gasteiger partial charge in [-0.1, -0.05) is 43.3 Å². The smallest absolute Gasteiger partial charge is 0.256 e. The first kappa shape index (κ1) is 29.8. The van der Waals surface area contributed by atoms with Crippen LogP contribution < -0.4 is 10.2 Å². The molecule has 3 aromatic carbocycles. The van der Waals surface area contributed by atoms with Crippen LogP contribution in [-0.4, -0.2) is 66.8 Å². The molecule has 1 heterocycles. The monoisotopic (exact) mass is 558 g/mol. The maximum atomic E-state index is 13.7. The summed E-state index contributed by atoms with van der Waals surface area (Å²) in [5.41, 5.74) is 2.95. The van der Waals surface area contributed by atoms with E-state index >= 15 is 0 Å². The van der Waals surface area contributed by atoms with Crippen molar-refractivity contribution in [2.24, 2.45) is 0 Å². The molecule has 0 bridgehead atoms. The third-order valence-electron chi connectivity index (χ3n) is 7.68. The van der Waals surface area contributed by atoms with E-state index in [4.69, 9.17) is 0 Å². The van der Waals surface area contributed by atoms with Crippen molar-refractivity contribution in [2.45, 2.75) is 39.5 Å². The normalized spacial score (nSPS) is 14.2. The fourth-order valence-electron chi connectivity index (χ4n) is 5.41. The zero-order valence-corrected chi connectivity index (χ0v) is 24.1. The first-order chi connectivity index (χ1) is 19.9. The molecule has 1 aliphatic heterocycles. The van der Waals surface area contributed by atoms with Crippen LogP contribution in [-0.2, 0) is 4.79 Å². The van der Waals surface area contributed by atoms with E-state index in [0.717, 1.165) is 24.1 Å². The molecule has 0 aliphatic carbocycles. The highest BCUT2D eigenvalue weighted by molar-refractivity contribution is 6.06. The van der Waals surface area contributed by atoms with Crippen LogP contribution >= 0.6 is 0 Å². The molecular formula is C33H39FN4O3. The van der Waals surface area contributed by atoms with Crippen molar-refractivity contribution in [3.05, 3.63) is 95.3 Å². The summed E-state index contributed by atoms with van der Waals surface area (Å²) in [4.78, 5) is 45.8. The van der Waals surface area contributed by atoms with Crippen molar-refractivity contribution >= 4 is 29.1 Å². The van der Waals surface area contributed by atoms with Crippen LogP contribution in [0.1, 0.15) is 65.8 Å². The van der Waals surface area contributed by atoms with Crippen molar-refractivity contribution in [1.29, 1.82) is 0 Å². The number of amides is 3. The van der Waals surface area contributed by atoms with Crippen molar-refractivity contribution in [1.82, 2.24) is 9.80 Å². The largest absolute Gasteiger partial charge is 0.369 e. The summed E-state index contributed by atoms with van der Waals surface area (Å²) in [5.74, 6) is -1.11. The molecule has 41 heavy (non-hydrogen) atoms. The second-order valence-electron chi connectivity index (χ2n) is 10.2. The second-order valence-corrected chi connectivity index (χ2v) is 10.2. The van der Waals surface area contributed by atoms with E-state index in [1.807, 2.05) is 62.1 Å². The zero-order valence-electron chi connectivity index (χ0n) is 24.1. The summed E-state index contributed by atoms with van der Waals surface area (Å²) in [6.07, 6.45) is 1.50. The van der Waals surface area contributed by atoms with Gasteiger partial charge < -0.3 is 20.0 Å². The molecular weight excluding hydrogens is 519 g/mol. The Bertz CT molecular complexity index is 1360. The van der Waals surface area contributed by atoms with Gasteiger partial charge in [-0.3, -0.25) is 14.4 Å². The van der Waals surface area contributed by atoms with Crippen LogP contribution in [0.4, 0.5) is 15.8 Å². The number of rotatable bonds is 9. The highest BCUT2D eigenvalue weighted by atomic mass is 19.1. The molecule has 0 saturated carbocycles. The number of carbonyl (C=O) groups excluding carboxylic acids is 3. The number of carbonyl (C=O) groups is 3. The molecule has 3 aromatic rings. The predicted octanol–water partition coefficient (Wildman–Crippen LogP) is 5.79. The number of hydrogen-bond donors (Lipinski definition) is 1. The predicted molar refractivity (Wildman–Crippen MR) is 161 cm³/mol.